The lowest BCUT2D eigenvalue weighted by Gasteiger charge is -2.19. The van der Waals surface area contributed by atoms with Gasteiger partial charge in [-0.3, -0.25) is 9.59 Å². The normalized spacial score (nSPS) is 19.6. The molecular weight excluding hydrogens is 228 g/mol. The van der Waals surface area contributed by atoms with Crippen LogP contribution < -0.4 is 0 Å². The van der Waals surface area contributed by atoms with Crippen LogP contribution in [0.3, 0.4) is 0 Å². The summed E-state index contributed by atoms with van der Waals surface area (Å²) in [6.07, 6.45) is 3.47. The van der Waals surface area contributed by atoms with Crippen LogP contribution in [0.5, 0.6) is 0 Å². The molecule has 0 radical (unpaired) electrons. The third kappa shape index (κ3) is 3.99. The van der Waals surface area contributed by atoms with Crippen molar-refractivity contribution in [2.24, 2.45) is 5.92 Å². The number of rotatable bonds is 4. The Bertz CT molecular complexity index is 411. The molecule has 0 saturated heterocycles. The number of hydrogen-bond donors (Lipinski definition) is 0. The molecule has 1 aromatic rings. The zero-order valence-corrected chi connectivity index (χ0v) is 10.4. The van der Waals surface area contributed by atoms with Crippen molar-refractivity contribution in [3.05, 3.63) is 35.9 Å². The summed E-state index contributed by atoms with van der Waals surface area (Å²) in [5, 5.41) is 0. The molecule has 3 heteroatoms. The van der Waals surface area contributed by atoms with Gasteiger partial charge in [-0.05, 0) is 24.3 Å². The molecule has 1 aliphatic carbocycles. The average Bonchev–Trinajstić information content (AvgIpc) is 2.38. The minimum Gasteiger partial charge on any atom is -0.461 e. The Morgan fingerprint density at radius 2 is 2.06 bits per heavy atom. The highest BCUT2D eigenvalue weighted by Gasteiger charge is 2.22. The standard InChI is InChI=1S/C15H18O3/c16-14-8-4-7-13(9-14)10-15(17)18-11-12-5-2-1-3-6-12/h1-3,5-6,13H,4,7-11H2. The third-order valence-electron chi connectivity index (χ3n) is 3.28. The van der Waals surface area contributed by atoms with Gasteiger partial charge in [0, 0.05) is 19.3 Å². The summed E-state index contributed by atoms with van der Waals surface area (Å²) < 4.78 is 5.22. The SMILES string of the molecule is O=C1CCCC(CC(=O)OCc2ccccc2)C1. The van der Waals surface area contributed by atoms with Crippen LogP contribution in [-0.4, -0.2) is 11.8 Å². The average molecular weight is 246 g/mol. The number of Topliss-reactive ketones (excluding diaryl/α,β-unsaturated/α-hetero) is 1. The first-order valence-electron chi connectivity index (χ1n) is 6.45. The summed E-state index contributed by atoms with van der Waals surface area (Å²) in [4.78, 5) is 22.9. The number of ether oxygens (including phenoxy) is 1. The van der Waals surface area contributed by atoms with Gasteiger partial charge in [0.2, 0.25) is 0 Å². The van der Waals surface area contributed by atoms with Crippen molar-refractivity contribution >= 4 is 11.8 Å². The van der Waals surface area contributed by atoms with Gasteiger partial charge in [0.25, 0.3) is 0 Å². The zero-order valence-electron chi connectivity index (χ0n) is 10.4. The van der Waals surface area contributed by atoms with E-state index < -0.39 is 0 Å². The Balaban J connectivity index is 1.73. The van der Waals surface area contributed by atoms with Gasteiger partial charge >= 0.3 is 5.97 Å². The second-order valence-corrected chi connectivity index (χ2v) is 4.85. The van der Waals surface area contributed by atoms with Crippen molar-refractivity contribution in [3.63, 3.8) is 0 Å². The molecule has 3 nitrogen and oxygen atoms in total. The van der Waals surface area contributed by atoms with Crippen molar-refractivity contribution in [1.82, 2.24) is 0 Å². The molecule has 0 spiro atoms. The predicted molar refractivity (Wildman–Crippen MR) is 67.8 cm³/mol. The Hall–Kier alpha value is -1.64. The molecule has 1 aliphatic rings. The first kappa shape index (κ1) is 12.8. The van der Waals surface area contributed by atoms with Crippen LogP contribution in [0.2, 0.25) is 0 Å². The quantitative estimate of drug-likeness (QED) is 0.767. The number of carbonyl (C=O) groups excluding carboxylic acids is 2. The maximum atomic E-state index is 11.7. The Labute approximate surface area is 107 Å². The summed E-state index contributed by atoms with van der Waals surface area (Å²) in [6.45, 7) is 0.320. The van der Waals surface area contributed by atoms with Crippen molar-refractivity contribution in [1.29, 1.82) is 0 Å². The minimum absolute atomic E-state index is 0.189. The fourth-order valence-electron chi connectivity index (χ4n) is 2.32. The molecule has 1 aromatic carbocycles. The van der Waals surface area contributed by atoms with E-state index in [1.54, 1.807) is 0 Å². The van der Waals surface area contributed by atoms with Crippen LogP contribution in [0.1, 0.15) is 37.7 Å². The number of carbonyl (C=O) groups is 2. The van der Waals surface area contributed by atoms with E-state index in [1.807, 2.05) is 30.3 Å². The maximum absolute atomic E-state index is 11.7. The van der Waals surface area contributed by atoms with Gasteiger partial charge in [0.05, 0.1) is 0 Å². The van der Waals surface area contributed by atoms with Gasteiger partial charge in [-0.25, -0.2) is 0 Å². The molecular formula is C15H18O3. The molecule has 0 bridgehead atoms. The smallest absolute Gasteiger partial charge is 0.306 e. The molecule has 0 N–H and O–H groups in total. The molecule has 96 valence electrons. The number of esters is 1. The van der Waals surface area contributed by atoms with Crippen LogP contribution >= 0.6 is 0 Å². The second kappa shape index (κ2) is 6.34. The van der Waals surface area contributed by atoms with E-state index >= 15 is 0 Å². The third-order valence-corrected chi connectivity index (χ3v) is 3.28. The predicted octanol–water partition coefficient (Wildman–Crippen LogP) is 2.88. The van der Waals surface area contributed by atoms with Crippen LogP contribution in [0.4, 0.5) is 0 Å². The van der Waals surface area contributed by atoms with Gasteiger partial charge in [0.1, 0.15) is 12.4 Å². The lowest BCUT2D eigenvalue weighted by Crippen LogP contribution is -2.19. The van der Waals surface area contributed by atoms with Crippen molar-refractivity contribution in [2.45, 2.75) is 38.7 Å². The van der Waals surface area contributed by atoms with Gasteiger partial charge in [0.15, 0.2) is 0 Å². The van der Waals surface area contributed by atoms with Crippen LogP contribution in [-0.2, 0) is 20.9 Å². The molecule has 18 heavy (non-hydrogen) atoms. The summed E-state index contributed by atoms with van der Waals surface area (Å²) in [7, 11) is 0. The first-order chi connectivity index (χ1) is 8.74. The molecule has 0 aromatic heterocycles. The van der Waals surface area contributed by atoms with Crippen LogP contribution in [0.15, 0.2) is 30.3 Å². The van der Waals surface area contributed by atoms with Crippen LogP contribution in [0, 0.1) is 5.92 Å². The summed E-state index contributed by atoms with van der Waals surface area (Å²) in [5.41, 5.74) is 0.991. The molecule has 1 atom stereocenters. The van der Waals surface area contributed by atoms with Crippen LogP contribution in [0.25, 0.3) is 0 Å². The summed E-state index contributed by atoms with van der Waals surface area (Å²) >= 11 is 0. The van der Waals surface area contributed by atoms with Gasteiger partial charge in [-0.15, -0.1) is 0 Å². The van der Waals surface area contributed by atoms with Crippen molar-refractivity contribution in [3.8, 4) is 0 Å². The lowest BCUT2D eigenvalue weighted by atomic mass is 9.86. The van der Waals surface area contributed by atoms with Gasteiger partial charge in [-0.2, -0.15) is 0 Å². The van der Waals surface area contributed by atoms with E-state index in [9.17, 15) is 9.59 Å². The second-order valence-electron chi connectivity index (χ2n) is 4.85. The molecule has 0 aliphatic heterocycles. The van der Waals surface area contributed by atoms with E-state index in [-0.39, 0.29) is 17.7 Å². The van der Waals surface area contributed by atoms with Crippen molar-refractivity contribution < 1.29 is 14.3 Å². The first-order valence-corrected chi connectivity index (χ1v) is 6.45. The Morgan fingerprint density at radius 3 is 2.78 bits per heavy atom. The highest BCUT2D eigenvalue weighted by molar-refractivity contribution is 5.80. The maximum Gasteiger partial charge on any atom is 0.306 e. The largest absolute Gasteiger partial charge is 0.461 e. The van der Waals surface area contributed by atoms with E-state index in [0.717, 1.165) is 18.4 Å². The Morgan fingerprint density at radius 1 is 1.28 bits per heavy atom. The van der Waals surface area contributed by atoms with Crippen molar-refractivity contribution in [2.75, 3.05) is 0 Å². The number of hydrogen-bond acceptors (Lipinski definition) is 3. The fourth-order valence-corrected chi connectivity index (χ4v) is 2.32. The van der Waals surface area contributed by atoms with E-state index in [0.29, 0.717) is 25.9 Å². The number of benzene rings is 1. The molecule has 1 unspecified atom stereocenters. The monoisotopic (exact) mass is 246 g/mol. The van der Waals surface area contributed by atoms with E-state index in [1.165, 1.54) is 0 Å². The van der Waals surface area contributed by atoms with E-state index in [2.05, 4.69) is 0 Å². The topological polar surface area (TPSA) is 43.4 Å². The van der Waals surface area contributed by atoms with Gasteiger partial charge < -0.3 is 4.74 Å². The Kier molecular flexibility index (Phi) is 4.51. The summed E-state index contributed by atoms with van der Waals surface area (Å²) in [6, 6.07) is 9.62. The lowest BCUT2D eigenvalue weighted by molar-refractivity contribution is -0.146. The fraction of sp³-hybridized carbons (Fsp3) is 0.467. The van der Waals surface area contributed by atoms with E-state index in [4.69, 9.17) is 4.74 Å². The highest BCUT2D eigenvalue weighted by Crippen LogP contribution is 2.24. The zero-order chi connectivity index (χ0) is 12.8. The minimum atomic E-state index is -0.196. The highest BCUT2D eigenvalue weighted by atomic mass is 16.5. The van der Waals surface area contributed by atoms with Gasteiger partial charge in [-0.1, -0.05) is 30.3 Å². The molecule has 0 amide bonds. The summed E-state index contributed by atoms with van der Waals surface area (Å²) in [5.74, 6) is 0.273. The number of ketones is 1. The molecule has 2 rings (SSSR count). The molecule has 1 fully saturated rings. The molecule has 1 saturated carbocycles. The molecule has 0 heterocycles.